The second kappa shape index (κ2) is 14.9. The van der Waals surface area contributed by atoms with Crippen molar-refractivity contribution in [1.29, 1.82) is 0 Å². The number of aromatic nitrogens is 3. The molecule has 0 bridgehead atoms. The van der Waals surface area contributed by atoms with E-state index < -0.39 is 0 Å². The Labute approximate surface area is 362 Å². The van der Waals surface area contributed by atoms with Crippen LogP contribution in [0, 0.1) is 0 Å². The molecule has 4 aromatic heterocycles. The zero-order chi connectivity index (χ0) is 41.0. The number of furan rings is 1. The van der Waals surface area contributed by atoms with Crippen molar-refractivity contribution in [3.05, 3.63) is 212 Å². The van der Waals surface area contributed by atoms with Crippen LogP contribution in [0.5, 0.6) is 0 Å². The molecular weight excluding hydrogens is 775 g/mol. The molecular formula is C57H35N3OS. The van der Waals surface area contributed by atoms with Crippen molar-refractivity contribution in [3.63, 3.8) is 0 Å². The van der Waals surface area contributed by atoms with Crippen molar-refractivity contribution in [2.75, 3.05) is 0 Å². The topological polar surface area (TPSA) is 51.8 Å². The number of para-hydroxylation sites is 3. The van der Waals surface area contributed by atoms with E-state index in [0.29, 0.717) is 5.82 Å². The molecule has 0 saturated heterocycles. The normalized spacial score (nSPS) is 11.5. The van der Waals surface area contributed by atoms with Crippen molar-refractivity contribution < 1.29 is 4.42 Å². The number of fused-ring (bicyclic) bond motifs is 6. The van der Waals surface area contributed by atoms with Crippen molar-refractivity contribution in [2.45, 2.75) is 0 Å². The molecule has 0 unspecified atom stereocenters. The predicted octanol–water partition coefficient (Wildman–Crippen LogP) is 15.8. The number of nitrogens with zero attached hydrogens (tertiary/aromatic N) is 3. The van der Waals surface area contributed by atoms with Gasteiger partial charge in [-0.25, -0.2) is 15.0 Å². The molecule has 0 radical (unpaired) electrons. The number of hydrogen-bond donors (Lipinski definition) is 0. The Kier molecular flexibility index (Phi) is 8.65. The van der Waals surface area contributed by atoms with Crippen LogP contribution in [0.1, 0.15) is 0 Å². The van der Waals surface area contributed by atoms with Gasteiger partial charge in [0, 0.05) is 59.8 Å². The second-order valence-electron chi connectivity index (χ2n) is 15.5. The fourth-order valence-corrected chi connectivity index (χ4v) is 10.1. The second-order valence-corrected chi connectivity index (χ2v) is 16.5. The summed E-state index contributed by atoms with van der Waals surface area (Å²) >= 11 is 1.79. The molecule has 0 N–H and O–H groups in total. The van der Waals surface area contributed by atoms with Gasteiger partial charge >= 0.3 is 0 Å². The third-order valence-corrected chi connectivity index (χ3v) is 13.0. The van der Waals surface area contributed by atoms with Crippen molar-refractivity contribution in [2.24, 2.45) is 0 Å². The average molecular weight is 810 g/mol. The minimum absolute atomic E-state index is 0.686. The van der Waals surface area contributed by atoms with E-state index in [-0.39, 0.29) is 0 Å². The van der Waals surface area contributed by atoms with Gasteiger partial charge in [-0.1, -0.05) is 188 Å². The van der Waals surface area contributed by atoms with E-state index in [2.05, 4.69) is 182 Å². The number of benzene rings is 8. The highest BCUT2D eigenvalue weighted by atomic mass is 32.1. The molecule has 4 nitrogen and oxygen atoms in total. The Hall–Kier alpha value is -7.99. The van der Waals surface area contributed by atoms with Gasteiger partial charge in [0.25, 0.3) is 0 Å². The van der Waals surface area contributed by atoms with Crippen LogP contribution < -0.4 is 0 Å². The highest BCUT2D eigenvalue weighted by molar-refractivity contribution is 7.23. The van der Waals surface area contributed by atoms with Crippen LogP contribution >= 0.6 is 11.3 Å². The number of pyridine rings is 1. The van der Waals surface area contributed by atoms with Crippen molar-refractivity contribution in [1.82, 2.24) is 15.0 Å². The van der Waals surface area contributed by atoms with Crippen molar-refractivity contribution >= 4 is 54.3 Å². The van der Waals surface area contributed by atoms with Gasteiger partial charge in [-0.2, -0.15) is 0 Å². The van der Waals surface area contributed by atoms with Gasteiger partial charge in [-0.3, -0.25) is 0 Å². The third kappa shape index (κ3) is 6.18. The maximum absolute atomic E-state index is 6.75. The quantitative estimate of drug-likeness (QED) is 0.161. The van der Waals surface area contributed by atoms with Crippen LogP contribution in [0.2, 0.25) is 0 Å². The van der Waals surface area contributed by atoms with E-state index in [1.54, 1.807) is 11.3 Å². The van der Waals surface area contributed by atoms with Gasteiger partial charge in [0.1, 0.15) is 11.2 Å². The minimum Gasteiger partial charge on any atom is -0.455 e. The summed E-state index contributed by atoms with van der Waals surface area (Å²) in [7, 11) is 0. The summed E-state index contributed by atoms with van der Waals surface area (Å²) in [6.07, 6.45) is 0. The Balaban J connectivity index is 1.06. The van der Waals surface area contributed by atoms with Gasteiger partial charge < -0.3 is 4.42 Å². The molecule has 0 atom stereocenters. The largest absolute Gasteiger partial charge is 0.455 e. The summed E-state index contributed by atoms with van der Waals surface area (Å²) in [6.45, 7) is 0. The first-order chi connectivity index (χ1) is 30.7. The Morgan fingerprint density at radius 3 is 1.74 bits per heavy atom. The number of hydrogen-bond acceptors (Lipinski definition) is 5. The molecule has 5 heteroatoms. The van der Waals surface area contributed by atoms with Crippen LogP contribution in [-0.4, -0.2) is 15.0 Å². The van der Waals surface area contributed by atoms with Crippen LogP contribution in [-0.2, 0) is 0 Å². The monoisotopic (exact) mass is 809 g/mol. The number of rotatable bonds is 7. The lowest BCUT2D eigenvalue weighted by Gasteiger charge is -2.12. The standard InChI is InChI=1S/C57H35N3OS/c1-4-16-36(17-5-1)41-22-14-23-42(34-41)49-35-48(59-57(60-49)40-20-8-3-9-21-40)37-30-32-39(33-31-37)55-52(46-27-15-26-44-43-24-11-13-29-50(43)61-54(44)46)51-45-25-10-12-28-47(45)58-53(56(51)62-55)38-18-6-2-7-19-38/h1-35H. The summed E-state index contributed by atoms with van der Waals surface area (Å²) in [5.74, 6) is 0.686. The molecule has 290 valence electrons. The molecule has 0 saturated carbocycles. The fourth-order valence-electron chi connectivity index (χ4n) is 8.75. The smallest absolute Gasteiger partial charge is 0.160 e. The van der Waals surface area contributed by atoms with Crippen LogP contribution in [0.3, 0.4) is 0 Å². The zero-order valence-corrected chi connectivity index (χ0v) is 34.2. The van der Waals surface area contributed by atoms with E-state index in [9.17, 15) is 0 Å². The summed E-state index contributed by atoms with van der Waals surface area (Å²) < 4.78 is 7.90. The summed E-state index contributed by atoms with van der Waals surface area (Å²) in [4.78, 5) is 16.8. The first-order valence-corrected chi connectivity index (χ1v) is 21.6. The first-order valence-electron chi connectivity index (χ1n) is 20.8. The van der Waals surface area contributed by atoms with Gasteiger partial charge in [-0.05, 0) is 41.0 Å². The Bertz CT molecular complexity index is 3610. The predicted molar refractivity (Wildman–Crippen MR) is 258 cm³/mol. The summed E-state index contributed by atoms with van der Waals surface area (Å²) in [5.41, 5.74) is 15.1. The molecule has 62 heavy (non-hydrogen) atoms. The van der Waals surface area contributed by atoms with Gasteiger partial charge in [0.15, 0.2) is 5.82 Å². The molecule has 0 amide bonds. The van der Waals surface area contributed by atoms with E-state index in [1.165, 1.54) is 10.9 Å². The molecule has 0 aliphatic rings. The van der Waals surface area contributed by atoms with Gasteiger partial charge in [-0.15, -0.1) is 11.3 Å². The molecule has 8 aromatic carbocycles. The fraction of sp³-hybridized carbons (Fsp3) is 0. The Morgan fingerprint density at radius 2 is 0.968 bits per heavy atom. The molecule has 0 aliphatic carbocycles. The molecule has 0 fully saturated rings. The SMILES string of the molecule is c1ccc(-c2cccc(-c3cc(-c4ccc(-c5sc6c(-c7ccccc7)nc7ccccc7c6c5-c5cccc6c5oc5ccccc56)cc4)nc(-c4ccccc4)n3)c2)cc1. The van der Waals surface area contributed by atoms with Crippen LogP contribution in [0.25, 0.3) is 121 Å². The molecule has 12 aromatic rings. The molecule has 0 aliphatic heterocycles. The highest BCUT2D eigenvalue weighted by Gasteiger charge is 2.25. The average Bonchev–Trinajstić information content (AvgIpc) is 3.95. The molecule has 12 rings (SSSR count). The first kappa shape index (κ1) is 35.9. The third-order valence-electron chi connectivity index (χ3n) is 11.7. The van der Waals surface area contributed by atoms with E-state index in [1.807, 2.05) is 30.3 Å². The molecule has 0 spiro atoms. The summed E-state index contributed by atoms with van der Waals surface area (Å²) in [6, 6.07) is 74.2. The maximum Gasteiger partial charge on any atom is 0.160 e. The highest BCUT2D eigenvalue weighted by Crippen LogP contribution is 2.52. The lowest BCUT2D eigenvalue weighted by molar-refractivity contribution is 0.670. The summed E-state index contributed by atoms with van der Waals surface area (Å²) in [5, 5.41) is 4.50. The lowest BCUT2D eigenvalue weighted by Crippen LogP contribution is -1.96. The minimum atomic E-state index is 0.686. The van der Waals surface area contributed by atoms with Gasteiger partial charge in [0.2, 0.25) is 0 Å². The van der Waals surface area contributed by atoms with E-state index in [4.69, 9.17) is 19.4 Å². The number of thiophene rings is 1. The van der Waals surface area contributed by atoms with Gasteiger partial charge in [0.05, 0.1) is 27.3 Å². The Morgan fingerprint density at radius 1 is 0.387 bits per heavy atom. The van der Waals surface area contributed by atoms with Crippen molar-refractivity contribution in [3.8, 4) is 77.9 Å². The maximum atomic E-state index is 6.75. The lowest BCUT2D eigenvalue weighted by atomic mass is 9.94. The van der Waals surface area contributed by atoms with E-state index in [0.717, 1.165) is 104 Å². The van der Waals surface area contributed by atoms with Crippen LogP contribution in [0.15, 0.2) is 217 Å². The van der Waals surface area contributed by atoms with E-state index >= 15 is 0 Å². The zero-order valence-electron chi connectivity index (χ0n) is 33.4. The molecule has 4 heterocycles. The van der Waals surface area contributed by atoms with Crippen LogP contribution in [0.4, 0.5) is 0 Å².